The number of fused-ring (bicyclic) bond motifs is 2. The summed E-state index contributed by atoms with van der Waals surface area (Å²) in [5, 5.41) is 4.28. The van der Waals surface area contributed by atoms with Crippen LogP contribution in [0.3, 0.4) is 0 Å². The van der Waals surface area contributed by atoms with E-state index < -0.39 is 11.2 Å². The normalized spacial score (nSPS) is 11.3. The van der Waals surface area contributed by atoms with Crippen molar-refractivity contribution in [2.45, 2.75) is 20.8 Å². The van der Waals surface area contributed by atoms with Gasteiger partial charge in [0.05, 0.1) is 10.3 Å². The molecule has 0 aliphatic rings. The van der Waals surface area contributed by atoms with E-state index in [1.54, 1.807) is 31.2 Å². The molecule has 0 unspecified atom stereocenters. The average molecular weight is 492 g/mol. The Kier molecular flexibility index (Phi) is 5.34. The van der Waals surface area contributed by atoms with Gasteiger partial charge in [0.15, 0.2) is 0 Å². The van der Waals surface area contributed by atoms with Crippen LogP contribution >= 0.6 is 22.9 Å². The number of aryl methyl sites for hydroxylation is 3. The van der Waals surface area contributed by atoms with Crippen LogP contribution in [0.25, 0.3) is 32.6 Å². The maximum absolute atomic E-state index is 13.0. The molecule has 0 saturated heterocycles. The Morgan fingerprint density at radius 1 is 1.06 bits per heavy atom. The van der Waals surface area contributed by atoms with Gasteiger partial charge in [-0.25, -0.2) is 9.78 Å². The molecule has 3 heterocycles. The fraction of sp³-hybridized carbons (Fsp3) is 0.120. The van der Waals surface area contributed by atoms with Gasteiger partial charge >= 0.3 is 5.63 Å². The predicted octanol–water partition coefficient (Wildman–Crippen LogP) is 5.59. The monoisotopic (exact) mass is 491 g/mol. The predicted molar refractivity (Wildman–Crippen MR) is 135 cm³/mol. The van der Waals surface area contributed by atoms with Crippen molar-refractivity contribution in [3.63, 3.8) is 0 Å². The van der Waals surface area contributed by atoms with Crippen molar-refractivity contribution in [1.82, 2.24) is 9.97 Å². The molecular weight excluding hydrogens is 474 g/mol. The number of nitrogens with one attached hydrogen (secondary N) is 2. The second-order valence-electron chi connectivity index (χ2n) is 8.03. The number of halogens is 1. The number of rotatable bonds is 3. The summed E-state index contributed by atoms with van der Waals surface area (Å²) < 4.78 is 5.37. The van der Waals surface area contributed by atoms with E-state index in [1.165, 1.54) is 0 Å². The van der Waals surface area contributed by atoms with Crippen LogP contribution in [0.4, 0.5) is 5.69 Å². The summed E-state index contributed by atoms with van der Waals surface area (Å²) in [4.78, 5) is 46.4. The van der Waals surface area contributed by atoms with Gasteiger partial charge in [-0.3, -0.25) is 9.59 Å². The summed E-state index contributed by atoms with van der Waals surface area (Å²) in [6.07, 6.45) is 0. The third kappa shape index (κ3) is 3.81. The lowest BCUT2D eigenvalue weighted by molar-refractivity contribution is 0.103. The lowest BCUT2D eigenvalue weighted by Gasteiger charge is -2.07. The minimum Gasteiger partial charge on any atom is -0.422 e. The SMILES string of the molecule is Cc1ccc(NC(=O)c2sc3nc(-c4cc5cc(Cl)ccc5oc4=O)[nH]c(=O)c3c2C)cc1C. The van der Waals surface area contributed by atoms with Gasteiger partial charge in [0.25, 0.3) is 11.5 Å². The molecule has 2 N–H and O–H groups in total. The summed E-state index contributed by atoms with van der Waals surface area (Å²) in [5.41, 5.74) is 2.77. The maximum atomic E-state index is 13.0. The molecule has 170 valence electrons. The highest BCUT2D eigenvalue weighted by atomic mass is 35.5. The number of anilines is 1. The standard InChI is InChI=1S/C25H18ClN3O4S/c1-11-4-6-16(8-12(11)2)27-23(31)20-13(3)19-22(30)28-21(29-24(19)34-20)17-10-14-9-15(26)5-7-18(14)33-25(17)32/h4-10H,1-3H3,(H,27,31)(H,28,29,30). The maximum Gasteiger partial charge on any atom is 0.347 e. The van der Waals surface area contributed by atoms with Crippen molar-refractivity contribution in [2.24, 2.45) is 0 Å². The van der Waals surface area contributed by atoms with E-state index in [1.807, 2.05) is 32.0 Å². The number of nitrogens with zero attached hydrogens (tertiary/aromatic N) is 1. The van der Waals surface area contributed by atoms with Crippen LogP contribution < -0.4 is 16.5 Å². The largest absolute Gasteiger partial charge is 0.422 e. The first-order valence-electron chi connectivity index (χ1n) is 10.4. The van der Waals surface area contributed by atoms with Crippen molar-refractivity contribution >= 4 is 55.7 Å². The van der Waals surface area contributed by atoms with E-state index in [9.17, 15) is 14.4 Å². The Labute approximate surface area is 202 Å². The fourth-order valence-electron chi connectivity index (χ4n) is 3.75. The van der Waals surface area contributed by atoms with Crippen LogP contribution in [-0.2, 0) is 0 Å². The molecule has 0 bridgehead atoms. The first kappa shape index (κ1) is 22.1. The first-order valence-corrected chi connectivity index (χ1v) is 11.6. The van der Waals surface area contributed by atoms with Gasteiger partial charge in [0, 0.05) is 16.1 Å². The Hall–Kier alpha value is -3.75. The van der Waals surface area contributed by atoms with Crippen LogP contribution in [0.15, 0.2) is 56.5 Å². The van der Waals surface area contributed by atoms with E-state index in [0.29, 0.717) is 42.3 Å². The molecule has 9 heteroatoms. The number of carbonyl (C=O) groups is 1. The highest BCUT2D eigenvalue weighted by Gasteiger charge is 2.21. The van der Waals surface area contributed by atoms with Gasteiger partial charge in [-0.05, 0) is 73.9 Å². The number of H-pyrrole nitrogens is 1. The first-order chi connectivity index (χ1) is 16.2. The van der Waals surface area contributed by atoms with Crippen LogP contribution in [0.2, 0.25) is 5.02 Å². The molecular formula is C25H18ClN3O4S. The number of amides is 1. The highest BCUT2D eigenvalue weighted by molar-refractivity contribution is 7.20. The molecule has 3 aromatic heterocycles. The molecule has 1 amide bonds. The average Bonchev–Trinajstić information content (AvgIpc) is 3.13. The summed E-state index contributed by atoms with van der Waals surface area (Å²) >= 11 is 7.15. The smallest absolute Gasteiger partial charge is 0.347 e. The number of benzene rings is 2. The molecule has 5 rings (SSSR count). The Morgan fingerprint density at radius 3 is 2.62 bits per heavy atom. The lowest BCUT2D eigenvalue weighted by Crippen LogP contribution is -2.14. The molecule has 0 saturated carbocycles. The van der Waals surface area contributed by atoms with Gasteiger partial charge in [-0.15, -0.1) is 11.3 Å². The van der Waals surface area contributed by atoms with E-state index >= 15 is 0 Å². The highest BCUT2D eigenvalue weighted by Crippen LogP contribution is 2.30. The van der Waals surface area contributed by atoms with Crippen LogP contribution in [0.1, 0.15) is 26.4 Å². The summed E-state index contributed by atoms with van der Waals surface area (Å²) in [5.74, 6) is -0.264. The summed E-state index contributed by atoms with van der Waals surface area (Å²) in [6.45, 7) is 5.67. The van der Waals surface area contributed by atoms with E-state index in [2.05, 4.69) is 15.3 Å². The van der Waals surface area contributed by atoms with Gasteiger partial charge in [0.1, 0.15) is 21.8 Å². The summed E-state index contributed by atoms with van der Waals surface area (Å²) in [7, 11) is 0. The molecule has 34 heavy (non-hydrogen) atoms. The molecule has 0 aliphatic heterocycles. The van der Waals surface area contributed by atoms with Crippen LogP contribution in [0.5, 0.6) is 0 Å². The molecule has 0 spiro atoms. The van der Waals surface area contributed by atoms with Gasteiger partial charge in [-0.1, -0.05) is 17.7 Å². The molecule has 7 nitrogen and oxygen atoms in total. The van der Waals surface area contributed by atoms with E-state index in [0.717, 1.165) is 22.5 Å². The van der Waals surface area contributed by atoms with Crippen molar-refractivity contribution in [1.29, 1.82) is 0 Å². The van der Waals surface area contributed by atoms with Crippen molar-refractivity contribution in [2.75, 3.05) is 5.32 Å². The molecule has 2 aromatic carbocycles. The topological polar surface area (TPSA) is 105 Å². The van der Waals surface area contributed by atoms with Gasteiger partial charge in [0.2, 0.25) is 0 Å². The number of hydrogen-bond donors (Lipinski definition) is 2. The number of thiophene rings is 1. The van der Waals surface area contributed by atoms with Crippen LogP contribution in [-0.4, -0.2) is 15.9 Å². The quantitative estimate of drug-likeness (QED) is 0.320. The second-order valence-corrected chi connectivity index (χ2v) is 9.47. The lowest BCUT2D eigenvalue weighted by atomic mass is 10.1. The number of carbonyl (C=O) groups excluding carboxylic acids is 1. The fourth-order valence-corrected chi connectivity index (χ4v) is 5.01. The minimum absolute atomic E-state index is 0.0653. The zero-order valence-electron chi connectivity index (χ0n) is 18.4. The number of hydrogen-bond acceptors (Lipinski definition) is 6. The van der Waals surface area contributed by atoms with Crippen molar-refractivity contribution in [3.8, 4) is 11.4 Å². The Balaban J connectivity index is 1.59. The minimum atomic E-state index is -0.640. The number of aromatic nitrogens is 2. The van der Waals surface area contributed by atoms with Gasteiger partial charge in [-0.2, -0.15) is 0 Å². The second kappa shape index (κ2) is 8.23. The zero-order chi connectivity index (χ0) is 24.1. The molecule has 0 radical (unpaired) electrons. The summed E-state index contributed by atoms with van der Waals surface area (Å²) in [6, 6.07) is 12.1. The number of aromatic amines is 1. The third-order valence-electron chi connectivity index (χ3n) is 5.72. The molecule has 0 fully saturated rings. The van der Waals surface area contributed by atoms with Gasteiger partial charge < -0.3 is 14.7 Å². The molecule has 0 aliphatic carbocycles. The zero-order valence-corrected chi connectivity index (χ0v) is 20.0. The van der Waals surface area contributed by atoms with E-state index in [-0.39, 0.29) is 17.3 Å². The van der Waals surface area contributed by atoms with E-state index in [4.69, 9.17) is 16.0 Å². The van der Waals surface area contributed by atoms with Crippen molar-refractivity contribution in [3.05, 3.63) is 89.8 Å². The Bertz CT molecular complexity index is 1750. The molecule has 0 atom stereocenters. The van der Waals surface area contributed by atoms with Crippen LogP contribution in [0, 0.1) is 20.8 Å². The molecule has 5 aromatic rings. The van der Waals surface area contributed by atoms with Crippen molar-refractivity contribution < 1.29 is 9.21 Å². The Morgan fingerprint density at radius 2 is 1.85 bits per heavy atom. The third-order valence-corrected chi connectivity index (χ3v) is 7.14.